The fourth-order valence-electron chi connectivity index (χ4n) is 2.00. The van der Waals surface area contributed by atoms with E-state index < -0.39 is 5.97 Å². The van der Waals surface area contributed by atoms with Crippen LogP contribution in [0, 0.1) is 0 Å². The Hall–Kier alpha value is -2.34. The molecule has 1 atom stereocenters. The van der Waals surface area contributed by atoms with Crippen LogP contribution in [0.2, 0.25) is 0 Å². The predicted molar refractivity (Wildman–Crippen MR) is 88.5 cm³/mol. The third-order valence-corrected chi connectivity index (χ3v) is 4.27. The van der Waals surface area contributed by atoms with Gasteiger partial charge in [0.1, 0.15) is 5.75 Å². The zero-order valence-electron chi connectivity index (χ0n) is 13.1. The lowest BCUT2D eigenvalue weighted by atomic mass is 10.1. The van der Waals surface area contributed by atoms with Crippen LogP contribution in [0.25, 0.3) is 0 Å². The summed E-state index contributed by atoms with van der Waals surface area (Å²) in [7, 11) is 1.58. The second-order valence-electron chi connectivity index (χ2n) is 4.99. The normalized spacial score (nSPS) is 11.6. The van der Waals surface area contributed by atoms with Crippen molar-refractivity contribution in [3.8, 4) is 5.75 Å². The topological polar surface area (TPSA) is 64.6 Å². The van der Waals surface area contributed by atoms with E-state index in [1.54, 1.807) is 42.7 Å². The highest BCUT2D eigenvalue weighted by Crippen LogP contribution is 2.17. The number of nitrogens with one attached hydrogen (secondary N) is 1. The minimum Gasteiger partial charge on any atom is -0.497 e. The molecule has 0 spiro atoms. The van der Waals surface area contributed by atoms with Gasteiger partial charge in [0.05, 0.1) is 19.6 Å². The molecule has 1 aromatic carbocycles. The van der Waals surface area contributed by atoms with Crippen molar-refractivity contribution in [1.82, 2.24) is 5.32 Å². The summed E-state index contributed by atoms with van der Waals surface area (Å²) in [5.74, 6) is -0.0212. The van der Waals surface area contributed by atoms with Crippen LogP contribution in [0.15, 0.2) is 41.8 Å². The van der Waals surface area contributed by atoms with E-state index in [9.17, 15) is 9.59 Å². The van der Waals surface area contributed by atoms with Gasteiger partial charge in [-0.3, -0.25) is 9.59 Å². The fraction of sp³-hybridized carbons (Fsp3) is 0.294. The molecule has 0 saturated carbocycles. The van der Waals surface area contributed by atoms with Crippen LogP contribution < -0.4 is 10.1 Å². The summed E-state index contributed by atoms with van der Waals surface area (Å²) in [6.07, 6.45) is 0.123. The molecule has 5 nitrogen and oxygen atoms in total. The Morgan fingerprint density at radius 2 is 1.96 bits per heavy atom. The molecular formula is C17H19NO4S. The summed E-state index contributed by atoms with van der Waals surface area (Å²) in [5, 5.41) is 4.75. The van der Waals surface area contributed by atoms with Gasteiger partial charge >= 0.3 is 5.97 Å². The fourth-order valence-corrected chi connectivity index (χ4v) is 2.73. The maximum atomic E-state index is 11.8. The van der Waals surface area contributed by atoms with E-state index in [4.69, 9.17) is 9.47 Å². The van der Waals surface area contributed by atoms with Crippen molar-refractivity contribution in [2.75, 3.05) is 13.7 Å². The van der Waals surface area contributed by atoms with Crippen molar-refractivity contribution in [3.05, 3.63) is 52.2 Å². The number of methoxy groups -OCH3 is 1. The first kappa shape index (κ1) is 17.0. The predicted octanol–water partition coefficient (Wildman–Crippen LogP) is 2.72. The highest BCUT2D eigenvalue weighted by molar-refractivity contribution is 7.10. The SMILES string of the molecule is COc1ccc(CC(=O)OCC(=O)N[C@@H](C)c2cccs2)cc1. The van der Waals surface area contributed by atoms with Gasteiger partial charge in [-0.1, -0.05) is 18.2 Å². The monoisotopic (exact) mass is 333 g/mol. The second kappa shape index (κ2) is 8.33. The molecule has 1 N–H and O–H groups in total. The Morgan fingerprint density at radius 1 is 1.22 bits per heavy atom. The van der Waals surface area contributed by atoms with Crippen molar-refractivity contribution < 1.29 is 19.1 Å². The Morgan fingerprint density at radius 3 is 2.57 bits per heavy atom. The molecule has 2 rings (SSSR count). The van der Waals surface area contributed by atoms with Crippen molar-refractivity contribution in [1.29, 1.82) is 0 Å². The van der Waals surface area contributed by atoms with Crippen LogP contribution in [-0.4, -0.2) is 25.6 Å². The van der Waals surface area contributed by atoms with E-state index >= 15 is 0 Å². The van der Waals surface area contributed by atoms with Crippen LogP contribution >= 0.6 is 11.3 Å². The van der Waals surface area contributed by atoms with Crippen LogP contribution in [0.5, 0.6) is 5.75 Å². The molecule has 1 aromatic heterocycles. The van der Waals surface area contributed by atoms with E-state index in [-0.39, 0.29) is 25.0 Å². The summed E-state index contributed by atoms with van der Waals surface area (Å²) in [5.41, 5.74) is 0.808. The number of hydrogen-bond donors (Lipinski definition) is 1. The number of carbonyl (C=O) groups is 2. The van der Waals surface area contributed by atoms with Gasteiger partial charge in [-0.15, -0.1) is 11.3 Å². The number of thiophene rings is 1. The van der Waals surface area contributed by atoms with Crippen LogP contribution in [0.1, 0.15) is 23.4 Å². The average molecular weight is 333 g/mol. The first-order valence-electron chi connectivity index (χ1n) is 7.20. The summed E-state index contributed by atoms with van der Waals surface area (Å²) in [4.78, 5) is 24.6. The van der Waals surface area contributed by atoms with Crippen molar-refractivity contribution >= 4 is 23.2 Å². The Balaban J connectivity index is 1.73. The summed E-state index contributed by atoms with van der Waals surface area (Å²) in [6, 6.07) is 10.9. The lowest BCUT2D eigenvalue weighted by Gasteiger charge is -2.12. The summed E-state index contributed by atoms with van der Waals surface area (Å²) < 4.78 is 10.1. The van der Waals surface area contributed by atoms with E-state index in [1.165, 1.54) is 0 Å². The van der Waals surface area contributed by atoms with Gasteiger partial charge in [-0.2, -0.15) is 0 Å². The van der Waals surface area contributed by atoms with E-state index in [0.717, 1.165) is 16.2 Å². The molecule has 1 amide bonds. The molecule has 0 unspecified atom stereocenters. The maximum absolute atomic E-state index is 11.8. The average Bonchev–Trinajstić information content (AvgIpc) is 3.08. The molecule has 2 aromatic rings. The second-order valence-corrected chi connectivity index (χ2v) is 5.97. The van der Waals surface area contributed by atoms with Crippen molar-refractivity contribution in [3.63, 3.8) is 0 Å². The van der Waals surface area contributed by atoms with Crippen molar-refractivity contribution in [2.24, 2.45) is 0 Å². The maximum Gasteiger partial charge on any atom is 0.310 e. The quantitative estimate of drug-likeness (QED) is 0.791. The van der Waals surface area contributed by atoms with Crippen LogP contribution in [0.4, 0.5) is 0 Å². The molecule has 0 radical (unpaired) electrons. The van der Waals surface area contributed by atoms with Gasteiger partial charge in [-0.05, 0) is 36.1 Å². The van der Waals surface area contributed by atoms with Gasteiger partial charge in [0, 0.05) is 4.88 Å². The summed E-state index contributed by atoms with van der Waals surface area (Å²) in [6.45, 7) is 1.62. The third kappa shape index (κ3) is 5.41. The number of ether oxygens (including phenoxy) is 2. The van der Waals surface area contributed by atoms with E-state index in [0.29, 0.717) is 0 Å². The van der Waals surface area contributed by atoms with Crippen molar-refractivity contribution in [2.45, 2.75) is 19.4 Å². The van der Waals surface area contributed by atoms with Gasteiger partial charge in [0.15, 0.2) is 6.61 Å². The summed E-state index contributed by atoms with van der Waals surface area (Å²) >= 11 is 1.57. The zero-order valence-corrected chi connectivity index (χ0v) is 13.9. The lowest BCUT2D eigenvalue weighted by Crippen LogP contribution is -2.31. The molecule has 1 heterocycles. The molecule has 0 aliphatic heterocycles. The highest BCUT2D eigenvalue weighted by atomic mass is 32.1. The third-order valence-electron chi connectivity index (χ3n) is 3.22. The minimum atomic E-state index is -0.436. The first-order chi connectivity index (χ1) is 11.1. The number of rotatable bonds is 7. The van der Waals surface area contributed by atoms with E-state index in [2.05, 4.69) is 5.32 Å². The molecule has 23 heavy (non-hydrogen) atoms. The van der Waals surface area contributed by atoms with Gasteiger partial charge in [-0.25, -0.2) is 0 Å². The number of esters is 1. The molecule has 0 saturated heterocycles. The molecule has 0 fully saturated rings. The van der Waals surface area contributed by atoms with E-state index in [1.807, 2.05) is 24.4 Å². The van der Waals surface area contributed by atoms with Gasteiger partial charge in [0.25, 0.3) is 5.91 Å². The first-order valence-corrected chi connectivity index (χ1v) is 8.07. The number of carbonyl (C=O) groups excluding carboxylic acids is 2. The highest BCUT2D eigenvalue weighted by Gasteiger charge is 2.12. The largest absolute Gasteiger partial charge is 0.497 e. The standard InChI is InChI=1S/C17H19NO4S/c1-12(15-4-3-9-23-15)18-16(19)11-22-17(20)10-13-5-7-14(21-2)8-6-13/h3-9,12H,10-11H2,1-2H3,(H,18,19)/t12-/m0/s1. The Bertz CT molecular complexity index is 637. The molecule has 0 aliphatic carbocycles. The molecule has 122 valence electrons. The molecule has 0 aliphatic rings. The van der Waals surface area contributed by atoms with Gasteiger partial charge in [0.2, 0.25) is 0 Å². The lowest BCUT2D eigenvalue weighted by molar-refractivity contribution is -0.148. The van der Waals surface area contributed by atoms with Crippen LogP contribution in [0.3, 0.4) is 0 Å². The zero-order chi connectivity index (χ0) is 16.7. The number of hydrogen-bond acceptors (Lipinski definition) is 5. The van der Waals surface area contributed by atoms with Gasteiger partial charge < -0.3 is 14.8 Å². The molecular weight excluding hydrogens is 314 g/mol. The number of benzene rings is 1. The minimum absolute atomic E-state index is 0.0946. The smallest absolute Gasteiger partial charge is 0.310 e. The Kier molecular flexibility index (Phi) is 6.17. The Labute approximate surface area is 139 Å². The molecule has 0 bridgehead atoms. The van der Waals surface area contributed by atoms with Crippen LogP contribution in [-0.2, 0) is 20.7 Å². The number of amides is 1. The molecule has 6 heteroatoms.